The third kappa shape index (κ3) is 3.34. The van der Waals surface area contributed by atoms with Gasteiger partial charge < -0.3 is 15.2 Å². The zero-order chi connectivity index (χ0) is 14.5. The summed E-state index contributed by atoms with van der Waals surface area (Å²) in [5.74, 6) is 1.20. The molecular weight excluding hydrogens is 260 g/mol. The summed E-state index contributed by atoms with van der Waals surface area (Å²) in [7, 11) is 1.82. The number of nitrogens with one attached hydrogen (secondary N) is 2. The molecule has 20 heavy (non-hydrogen) atoms. The number of carbonyl (C=O) groups excluding carboxylic acids is 1. The predicted octanol–water partition coefficient (Wildman–Crippen LogP) is 1.04. The molecule has 0 aliphatic rings. The van der Waals surface area contributed by atoms with Gasteiger partial charge in [-0.25, -0.2) is 4.79 Å². The molecule has 0 aliphatic heterocycles. The van der Waals surface area contributed by atoms with E-state index >= 15 is 0 Å². The lowest BCUT2D eigenvalue weighted by Crippen LogP contribution is -2.30. The molecule has 2 rings (SSSR count). The van der Waals surface area contributed by atoms with Crippen LogP contribution in [-0.2, 0) is 19.9 Å². The number of anilines is 1. The van der Waals surface area contributed by atoms with E-state index in [2.05, 4.69) is 25.9 Å². The minimum atomic E-state index is -0.281. The zero-order valence-electron chi connectivity index (χ0n) is 11.8. The Kier molecular flexibility index (Phi) is 4.34. The Labute approximate surface area is 116 Å². The fourth-order valence-electron chi connectivity index (χ4n) is 1.61. The molecule has 0 fully saturated rings. The zero-order valence-corrected chi connectivity index (χ0v) is 11.8. The highest BCUT2D eigenvalue weighted by Gasteiger charge is 2.08. The van der Waals surface area contributed by atoms with Crippen LogP contribution in [0.5, 0.6) is 0 Å². The van der Waals surface area contributed by atoms with Crippen molar-refractivity contribution in [1.29, 1.82) is 0 Å². The minimum absolute atomic E-state index is 0.281. The van der Waals surface area contributed by atoms with E-state index in [1.807, 2.05) is 20.9 Å². The Bertz CT molecular complexity index is 589. The van der Waals surface area contributed by atoms with E-state index in [0.717, 1.165) is 12.1 Å². The van der Waals surface area contributed by atoms with Gasteiger partial charge in [0, 0.05) is 26.4 Å². The van der Waals surface area contributed by atoms with Gasteiger partial charge >= 0.3 is 6.03 Å². The van der Waals surface area contributed by atoms with E-state index in [9.17, 15) is 4.79 Å². The molecule has 0 saturated carbocycles. The van der Waals surface area contributed by atoms with Gasteiger partial charge in [-0.05, 0) is 6.92 Å². The van der Waals surface area contributed by atoms with Gasteiger partial charge in [0.15, 0.2) is 5.82 Å². The fraction of sp³-hybridized carbons (Fsp3) is 0.500. The molecule has 2 aromatic rings. The highest BCUT2D eigenvalue weighted by molar-refractivity contribution is 5.89. The standard InChI is InChI=1S/C12H18N6O2/c1-4-10-16-11(20-17-10)5-6-13-12(19)15-9-7-14-18(3)8(9)2/h7H,4-6H2,1-3H3,(H2,13,15,19). The van der Waals surface area contributed by atoms with Crippen molar-refractivity contribution in [2.24, 2.45) is 7.05 Å². The monoisotopic (exact) mass is 278 g/mol. The van der Waals surface area contributed by atoms with Crippen LogP contribution in [0, 0.1) is 6.92 Å². The third-order valence-electron chi connectivity index (χ3n) is 2.93. The average molecular weight is 278 g/mol. The van der Waals surface area contributed by atoms with Crippen LogP contribution >= 0.6 is 0 Å². The summed E-state index contributed by atoms with van der Waals surface area (Å²) in [5, 5.41) is 13.3. The van der Waals surface area contributed by atoms with Crippen molar-refractivity contribution in [2.75, 3.05) is 11.9 Å². The van der Waals surface area contributed by atoms with Crippen molar-refractivity contribution in [3.63, 3.8) is 0 Å². The molecule has 2 N–H and O–H groups in total. The van der Waals surface area contributed by atoms with Crippen molar-refractivity contribution >= 4 is 11.7 Å². The highest BCUT2D eigenvalue weighted by atomic mass is 16.5. The third-order valence-corrected chi connectivity index (χ3v) is 2.93. The first kappa shape index (κ1) is 14.0. The molecular formula is C12H18N6O2. The molecule has 2 aromatic heterocycles. The van der Waals surface area contributed by atoms with E-state index in [0.29, 0.717) is 30.4 Å². The number of amides is 2. The lowest BCUT2D eigenvalue weighted by Gasteiger charge is -2.05. The topological polar surface area (TPSA) is 97.9 Å². The Morgan fingerprint density at radius 1 is 1.50 bits per heavy atom. The highest BCUT2D eigenvalue weighted by Crippen LogP contribution is 2.11. The molecule has 2 heterocycles. The van der Waals surface area contributed by atoms with E-state index in [4.69, 9.17) is 4.52 Å². The van der Waals surface area contributed by atoms with Crippen LogP contribution in [0.1, 0.15) is 24.3 Å². The summed E-state index contributed by atoms with van der Waals surface area (Å²) in [6.45, 7) is 4.26. The van der Waals surface area contributed by atoms with Crippen LogP contribution in [0.15, 0.2) is 10.7 Å². The van der Waals surface area contributed by atoms with E-state index in [1.54, 1.807) is 10.9 Å². The second kappa shape index (κ2) is 6.18. The quantitative estimate of drug-likeness (QED) is 0.851. The summed E-state index contributed by atoms with van der Waals surface area (Å²) < 4.78 is 6.73. The van der Waals surface area contributed by atoms with Crippen LogP contribution in [0.2, 0.25) is 0 Å². The van der Waals surface area contributed by atoms with Gasteiger partial charge in [0.1, 0.15) is 0 Å². The summed E-state index contributed by atoms with van der Waals surface area (Å²) in [6, 6.07) is -0.281. The Hall–Kier alpha value is -2.38. The van der Waals surface area contributed by atoms with Crippen LogP contribution in [-0.4, -0.2) is 32.5 Å². The van der Waals surface area contributed by atoms with Gasteiger partial charge in [-0.1, -0.05) is 12.1 Å². The van der Waals surface area contributed by atoms with E-state index < -0.39 is 0 Å². The summed E-state index contributed by atoms with van der Waals surface area (Å²) in [5.41, 5.74) is 1.58. The SMILES string of the molecule is CCc1noc(CCNC(=O)Nc2cnn(C)c2C)n1. The van der Waals surface area contributed by atoms with Crippen LogP contribution in [0.4, 0.5) is 10.5 Å². The molecule has 0 radical (unpaired) electrons. The molecule has 0 atom stereocenters. The smallest absolute Gasteiger partial charge is 0.319 e. The number of urea groups is 1. The second-order valence-electron chi connectivity index (χ2n) is 4.36. The largest absolute Gasteiger partial charge is 0.339 e. The van der Waals surface area contributed by atoms with Crippen LogP contribution in [0.25, 0.3) is 0 Å². The van der Waals surface area contributed by atoms with Crippen molar-refractivity contribution in [1.82, 2.24) is 25.2 Å². The second-order valence-corrected chi connectivity index (χ2v) is 4.36. The molecule has 108 valence electrons. The van der Waals surface area contributed by atoms with Gasteiger partial charge in [0.2, 0.25) is 5.89 Å². The molecule has 0 bridgehead atoms. The Morgan fingerprint density at radius 2 is 2.30 bits per heavy atom. The molecule has 8 nitrogen and oxygen atoms in total. The molecule has 2 amide bonds. The van der Waals surface area contributed by atoms with Gasteiger partial charge in [-0.3, -0.25) is 4.68 Å². The lowest BCUT2D eigenvalue weighted by atomic mass is 10.4. The number of rotatable bonds is 5. The molecule has 0 aromatic carbocycles. The molecule has 8 heteroatoms. The van der Waals surface area contributed by atoms with Gasteiger partial charge in [-0.2, -0.15) is 10.1 Å². The fourth-order valence-corrected chi connectivity index (χ4v) is 1.61. The number of aryl methyl sites for hydroxylation is 2. The molecule has 0 spiro atoms. The maximum Gasteiger partial charge on any atom is 0.319 e. The van der Waals surface area contributed by atoms with Gasteiger partial charge in [-0.15, -0.1) is 0 Å². The van der Waals surface area contributed by atoms with Crippen LogP contribution < -0.4 is 10.6 Å². The maximum absolute atomic E-state index is 11.7. The first-order chi connectivity index (χ1) is 9.60. The van der Waals surface area contributed by atoms with Gasteiger partial charge in [0.25, 0.3) is 0 Å². The summed E-state index contributed by atoms with van der Waals surface area (Å²) in [4.78, 5) is 15.9. The van der Waals surface area contributed by atoms with E-state index in [-0.39, 0.29) is 6.03 Å². The Balaban J connectivity index is 1.76. The maximum atomic E-state index is 11.7. The van der Waals surface area contributed by atoms with E-state index in [1.165, 1.54) is 0 Å². The normalized spacial score (nSPS) is 10.6. The molecule has 0 unspecified atom stereocenters. The average Bonchev–Trinajstić information content (AvgIpc) is 3.01. The van der Waals surface area contributed by atoms with Crippen molar-refractivity contribution < 1.29 is 9.32 Å². The predicted molar refractivity (Wildman–Crippen MR) is 72.3 cm³/mol. The Morgan fingerprint density at radius 3 is 2.90 bits per heavy atom. The van der Waals surface area contributed by atoms with Crippen molar-refractivity contribution in [2.45, 2.75) is 26.7 Å². The van der Waals surface area contributed by atoms with Gasteiger partial charge in [0.05, 0.1) is 17.6 Å². The molecule has 0 aliphatic carbocycles. The van der Waals surface area contributed by atoms with Crippen molar-refractivity contribution in [3.05, 3.63) is 23.6 Å². The summed E-state index contributed by atoms with van der Waals surface area (Å²) in [6.07, 6.45) is 2.85. The van der Waals surface area contributed by atoms with Crippen LogP contribution in [0.3, 0.4) is 0 Å². The van der Waals surface area contributed by atoms with Crippen molar-refractivity contribution in [3.8, 4) is 0 Å². The molecule has 0 saturated heterocycles. The number of nitrogens with zero attached hydrogens (tertiary/aromatic N) is 4. The number of aromatic nitrogens is 4. The summed E-state index contributed by atoms with van der Waals surface area (Å²) >= 11 is 0. The number of carbonyl (C=O) groups is 1. The minimum Gasteiger partial charge on any atom is -0.339 e. The first-order valence-corrected chi connectivity index (χ1v) is 6.45. The number of hydrogen-bond acceptors (Lipinski definition) is 5. The number of hydrogen-bond donors (Lipinski definition) is 2. The first-order valence-electron chi connectivity index (χ1n) is 6.45. The lowest BCUT2D eigenvalue weighted by molar-refractivity contribution is 0.252.